The zero-order valence-electron chi connectivity index (χ0n) is 34.6. The molecule has 0 radical (unpaired) electrons. The van der Waals surface area contributed by atoms with Gasteiger partial charge in [-0.25, -0.2) is 0 Å². The van der Waals surface area contributed by atoms with E-state index < -0.39 is 37.7 Å². The molecular formula is C42H54Cl6O12. The molecule has 0 spiro atoms. The van der Waals surface area contributed by atoms with Crippen LogP contribution in [0, 0.1) is 0 Å². The van der Waals surface area contributed by atoms with E-state index in [9.17, 15) is 0 Å². The highest BCUT2D eigenvalue weighted by Gasteiger charge is 2.24. The first-order chi connectivity index (χ1) is 29.0. The van der Waals surface area contributed by atoms with Crippen molar-refractivity contribution in [2.75, 3.05) is 74.9 Å². The fourth-order valence-electron chi connectivity index (χ4n) is 6.11. The lowest BCUT2D eigenvalue weighted by atomic mass is 9.93. The number of benzene rings is 4. The zero-order valence-corrected chi connectivity index (χ0v) is 39.1. The van der Waals surface area contributed by atoms with Crippen LogP contribution in [0.25, 0.3) is 32.3 Å². The van der Waals surface area contributed by atoms with Gasteiger partial charge in [-0.15, -0.1) is 69.6 Å². The van der Waals surface area contributed by atoms with Crippen molar-refractivity contribution in [2.45, 2.75) is 79.3 Å². The van der Waals surface area contributed by atoms with E-state index in [0.717, 1.165) is 32.3 Å². The van der Waals surface area contributed by atoms with Crippen LogP contribution in [-0.4, -0.2) is 113 Å². The highest BCUT2D eigenvalue weighted by molar-refractivity contribution is 6.27. The van der Waals surface area contributed by atoms with Gasteiger partial charge in [-0.3, -0.25) is 0 Å². The van der Waals surface area contributed by atoms with Gasteiger partial charge in [-0.2, -0.15) is 0 Å². The van der Waals surface area contributed by atoms with Gasteiger partial charge >= 0.3 is 0 Å². The highest BCUT2D eigenvalue weighted by atomic mass is 35.5. The molecule has 4 aromatic carbocycles. The molecule has 0 fully saturated rings. The summed E-state index contributed by atoms with van der Waals surface area (Å²) < 4.78 is 73.2. The Morgan fingerprint density at radius 3 is 0.533 bits per heavy atom. The minimum absolute atomic E-state index is 0.269. The lowest BCUT2D eigenvalue weighted by Crippen LogP contribution is -2.21. The van der Waals surface area contributed by atoms with Gasteiger partial charge in [0.05, 0.1) is 39.6 Å². The van der Waals surface area contributed by atoms with Crippen molar-refractivity contribution in [1.82, 2.24) is 0 Å². The monoisotopic (exact) mass is 960 g/mol. The van der Waals surface area contributed by atoms with E-state index in [1.807, 2.05) is 36.4 Å². The summed E-state index contributed by atoms with van der Waals surface area (Å²) in [6.45, 7) is 12.2. The van der Waals surface area contributed by atoms with Gasteiger partial charge in [0.15, 0.2) is 72.2 Å². The van der Waals surface area contributed by atoms with Crippen LogP contribution in [0.15, 0.2) is 36.4 Å². The molecule has 336 valence electrons. The summed E-state index contributed by atoms with van der Waals surface area (Å²) in [6, 6.07) is 11.3. The van der Waals surface area contributed by atoms with E-state index in [1.54, 1.807) is 41.5 Å². The Morgan fingerprint density at radius 1 is 0.283 bits per heavy atom. The smallest absolute Gasteiger partial charge is 0.197 e. The van der Waals surface area contributed by atoms with Gasteiger partial charge in [0.25, 0.3) is 0 Å². The molecule has 0 saturated carbocycles. The van der Waals surface area contributed by atoms with Crippen LogP contribution in [0.1, 0.15) is 41.5 Å². The summed E-state index contributed by atoms with van der Waals surface area (Å²) in [4.78, 5) is 0. The van der Waals surface area contributed by atoms with Gasteiger partial charge in [0.2, 0.25) is 0 Å². The average molecular weight is 964 g/mol. The van der Waals surface area contributed by atoms with Crippen LogP contribution < -0.4 is 28.4 Å². The van der Waals surface area contributed by atoms with Crippen molar-refractivity contribution >= 4 is 102 Å². The first-order valence-corrected chi connectivity index (χ1v) is 22.8. The first-order valence-electron chi connectivity index (χ1n) is 19.6. The van der Waals surface area contributed by atoms with Crippen molar-refractivity contribution in [2.24, 2.45) is 0 Å². The molecule has 4 aromatic rings. The maximum atomic E-state index is 6.39. The molecule has 60 heavy (non-hydrogen) atoms. The topological polar surface area (TPSA) is 111 Å². The fraction of sp³-hybridized carbons (Fsp3) is 0.571. The van der Waals surface area contributed by atoms with Crippen LogP contribution in [0.2, 0.25) is 0 Å². The molecule has 0 aliphatic heterocycles. The quantitative estimate of drug-likeness (QED) is 0.0282. The molecule has 6 atom stereocenters. The fourth-order valence-corrected chi connectivity index (χ4v) is 6.64. The molecule has 0 aromatic heterocycles. The van der Waals surface area contributed by atoms with Crippen molar-refractivity contribution in [1.29, 1.82) is 0 Å². The number of hydrogen-bond donors (Lipinski definition) is 0. The maximum absolute atomic E-state index is 6.39. The number of fused-ring (bicyclic) bond motifs is 6. The van der Waals surface area contributed by atoms with Crippen LogP contribution in [0.5, 0.6) is 34.5 Å². The van der Waals surface area contributed by atoms with Gasteiger partial charge < -0.3 is 56.8 Å². The van der Waals surface area contributed by atoms with Crippen molar-refractivity contribution in [3.63, 3.8) is 0 Å². The Bertz CT molecular complexity index is 1530. The molecule has 0 heterocycles. The third-order valence-electron chi connectivity index (χ3n) is 8.46. The molecule has 0 N–H and O–H groups in total. The minimum atomic E-state index is -0.695. The van der Waals surface area contributed by atoms with Crippen LogP contribution >= 0.6 is 69.6 Å². The Morgan fingerprint density at radius 2 is 0.417 bits per heavy atom. The van der Waals surface area contributed by atoms with Crippen molar-refractivity contribution in [3.8, 4) is 34.5 Å². The third kappa shape index (κ3) is 15.1. The Labute approximate surface area is 381 Å². The Balaban J connectivity index is 2.14. The molecule has 6 unspecified atom stereocenters. The molecule has 18 heteroatoms. The molecule has 0 aliphatic carbocycles. The van der Waals surface area contributed by atoms with Crippen molar-refractivity contribution in [3.05, 3.63) is 36.4 Å². The van der Waals surface area contributed by atoms with Crippen LogP contribution in [0.3, 0.4) is 0 Å². The van der Waals surface area contributed by atoms with Crippen molar-refractivity contribution < 1.29 is 56.8 Å². The Hall–Kier alpha value is -2.04. The summed E-state index contributed by atoms with van der Waals surface area (Å²) in [7, 11) is 0. The summed E-state index contributed by atoms with van der Waals surface area (Å²) >= 11 is 35.7. The second-order valence-corrected chi connectivity index (χ2v) is 15.3. The summed E-state index contributed by atoms with van der Waals surface area (Å²) in [6.07, 6.45) is -4.17. The molecule has 0 bridgehead atoms. The minimum Gasteiger partial charge on any atom is -0.461 e. The largest absolute Gasteiger partial charge is 0.461 e. The lowest BCUT2D eigenvalue weighted by Gasteiger charge is -2.25. The lowest BCUT2D eigenvalue weighted by molar-refractivity contribution is -0.0758. The number of hydrogen-bond acceptors (Lipinski definition) is 12. The molecule has 12 nitrogen and oxygen atoms in total. The predicted molar refractivity (Wildman–Crippen MR) is 240 cm³/mol. The molecule has 0 saturated heterocycles. The summed E-state index contributed by atoms with van der Waals surface area (Å²) in [5, 5.41) is 4.50. The number of ether oxygens (including phenoxy) is 12. The van der Waals surface area contributed by atoms with E-state index in [-0.39, 0.29) is 74.9 Å². The van der Waals surface area contributed by atoms with E-state index in [2.05, 4.69) is 0 Å². The highest BCUT2D eigenvalue weighted by Crippen LogP contribution is 2.48. The molecule has 0 amide bonds. The van der Waals surface area contributed by atoms with E-state index in [1.165, 1.54) is 0 Å². The molecular weight excluding hydrogens is 909 g/mol. The SMILES string of the molecule is CC(OCCCl)Oc1cc2c3cc(OC(C)OCCCl)c(OC(C)OCCCl)cc3c3cc(OC(C)OCCCl)c(OC(C)OCCCl)cc3c2cc1OC(C)OCCCl. The standard InChI is InChI=1S/C42H54Cl6O12/c1-25(49-13-7-43)55-37-19-31-32(20-38(37)56-26(2)50-14-8-44)34-22-40(58-28(4)52-16-10-46)42(60-30(6)54-18-12-48)24-36(34)35-23-41(59-29(5)53-17-11-47)39(21-33(31)35)57-27(3)51-15-9-45/h19-30H,7-18H2,1-6H3. The number of halogens is 6. The molecule has 4 rings (SSSR count). The van der Waals surface area contributed by atoms with Gasteiger partial charge in [-0.05, 0) is 110 Å². The van der Waals surface area contributed by atoms with Gasteiger partial charge in [-0.1, -0.05) is 0 Å². The summed E-state index contributed by atoms with van der Waals surface area (Å²) in [5.41, 5.74) is 0. The zero-order chi connectivity index (χ0) is 43.6. The second-order valence-electron chi connectivity index (χ2n) is 13.0. The van der Waals surface area contributed by atoms with Gasteiger partial charge in [0.1, 0.15) is 0 Å². The Kier molecular flexibility index (Phi) is 22.4. The third-order valence-corrected chi connectivity index (χ3v) is 9.38. The van der Waals surface area contributed by atoms with E-state index in [4.69, 9.17) is 126 Å². The predicted octanol–water partition coefficient (Wildman–Crippen LogP) is 11.0. The van der Waals surface area contributed by atoms with Gasteiger partial charge in [0, 0.05) is 35.3 Å². The molecule has 0 aliphatic rings. The second kappa shape index (κ2) is 26.6. The average Bonchev–Trinajstić information content (AvgIpc) is 3.22. The van der Waals surface area contributed by atoms with Crippen LogP contribution in [-0.2, 0) is 28.4 Å². The summed E-state index contributed by atoms with van der Waals surface area (Å²) in [5.74, 6) is 3.97. The van der Waals surface area contributed by atoms with E-state index >= 15 is 0 Å². The number of rotatable bonds is 30. The normalized spacial score (nSPS) is 14.8. The van der Waals surface area contributed by atoms with Crippen LogP contribution in [0.4, 0.5) is 0 Å². The van der Waals surface area contributed by atoms with E-state index in [0.29, 0.717) is 34.5 Å². The maximum Gasteiger partial charge on any atom is 0.197 e. The first kappa shape index (κ1) is 50.6. The number of alkyl halides is 6.